The van der Waals surface area contributed by atoms with Gasteiger partial charge in [0.05, 0.1) is 10.5 Å². The number of carbonyl (C=O) groups is 1. The molecule has 3 saturated heterocycles. The molecule has 2 bridgehead atoms. The van der Waals surface area contributed by atoms with E-state index in [1.807, 2.05) is 35.2 Å². The largest absolute Gasteiger partial charge is 0.350 e. The lowest BCUT2D eigenvalue weighted by atomic mass is 10.1. The SMILES string of the molecule is O=C(NOC1CCCCO1)c1cnc(N2C[C@@H]3C[C@H]2CN3S(=O)(=O)c2ccc3ccccc3c2)nc1. The molecule has 1 unspecified atom stereocenters. The van der Waals surface area contributed by atoms with Gasteiger partial charge in [0, 0.05) is 50.6 Å². The monoisotopic (exact) mass is 509 g/mol. The van der Waals surface area contributed by atoms with E-state index >= 15 is 0 Å². The van der Waals surface area contributed by atoms with Crippen LogP contribution >= 0.6 is 0 Å². The molecule has 36 heavy (non-hydrogen) atoms. The maximum absolute atomic E-state index is 13.4. The molecule has 0 saturated carbocycles. The van der Waals surface area contributed by atoms with Crippen LogP contribution in [0.5, 0.6) is 0 Å². The number of anilines is 1. The zero-order chi connectivity index (χ0) is 24.7. The van der Waals surface area contributed by atoms with Gasteiger partial charge in [-0.25, -0.2) is 28.7 Å². The summed E-state index contributed by atoms with van der Waals surface area (Å²) in [6, 6.07) is 12.8. The zero-order valence-corrected chi connectivity index (χ0v) is 20.4. The topological polar surface area (TPSA) is 114 Å². The molecular weight excluding hydrogens is 482 g/mol. The zero-order valence-electron chi connectivity index (χ0n) is 19.6. The quantitative estimate of drug-likeness (QED) is 0.504. The Morgan fingerprint density at radius 1 is 1.03 bits per heavy atom. The Kier molecular flexibility index (Phi) is 6.08. The first-order chi connectivity index (χ1) is 17.5. The number of amides is 1. The average Bonchev–Trinajstić information content (AvgIpc) is 3.54. The summed E-state index contributed by atoms with van der Waals surface area (Å²) in [6.45, 7) is 1.50. The molecule has 1 amide bonds. The van der Waals surface area contributed by atoms with Gasteiger partial charge in [-0.15, -0.1) is 0 Å². The van der Waals surface area contributed by atoms with Crippen molar-refractivity contribution in [1.82, 2.24) is 19.8 Å². The third-order valence-electron chi connectivity index (χ3n) is 7.10. The van der Waals surface area contributed by atoms with Crippen molar-refractivity contribution >= 4 is 32.7 Å². The van der Waals surface area contributed by atoms with Gasteiger partial charge in [-0.05, 0) is 42.2 Å². The van der Waals surface area contributed by atoms with Gasteiger partial charge in [0.2, 0.25) is 16.0 Å². The van der Waals surface area contributed by atoms with Crippen LogP contribution in [0.3, 0.4) is 0 Å². The van der Waals surface area contributed by atoms with E-state index in [4.69, 9.17) is 9.57 Å². The Labute approximate surface area is 209 Å². The van der Waals surface area contributed by atoms with Gasteiger partial charge >= 0.3 is 0 Å². The third kappa shape index (κ3) is 4.32. The number of nitrogens with zero attached hydrogens (tertiary/aromatic N) is 4. The van der Waals surface area contributed by atoms with E-state index in [1.54, 1.807) is 16.4 Å². The molecule has 3 fully saturated rings. The molecule has 0 spiro atoms. The van der Waals surface area contributed by atoms with E-state index in [0.29, 0.717) is 37.0 Å². The average molecular weight is 510 g/mol. The summed E-state index contributed by atoms with van der Waals surface area (Å²) in [5.74, 6) is 0.0460. The van der Waals surface area contributed by atoms with Crippen LogP contribution in [0.1, 0.15) is 36.0 Å². The molecule has 0 aliphatic carbocycles. The Balaban J connectivity index is 1.10. The third-order valence-corrected chi connectivity index (χ3v) is 9.01. The molecule has 11 heteroatoms. The van der Waals surface area contributed by atoms with Gasteiger partial charge < -0.3 is 9.64 Å². The van der Waals surface area contributed by atoms with Crippen molar-refractivity contribution < 1.29 is 22.8 Å². The van der Waals surface area contributed by atoms with E-state index < -0.39 is 22.2 Å². The number of aromatic nitrogens is 2. The number of nitrogens with one attached hydrogen (secondary N) is 1. The standard InChI is InChI=1S/C25H27N5O5S/c31-24(28-35-23-7-3-4-10-34-23)19-13-26-25(27-14-19)29-15-21-12-20(29)16-30(21)36(32,33)22-9-8-17-5-1-2-6-18(17)11-22/h1-2,5-6,8-9,11,13-14,20-21,23H,3-4,7,10,12,15-16H2,(H,28,31)/t20-,21-,23?/m0/s1. The van der Waals surface area contributed by atoms with Crippen LogP contribution in [0, 0.1) is 0 Å². The van der Waals surface area contributed by atoms with Crippen molar-refractivity contribution in [2.24, 2.45) is 0 Å². The molecule has 1 N–H and O–H groups in total. The first-order valence-electron chi connectivity index (χ1n) is 12.2. The fraction of sp³-hybridized carbons (Fsp3) is 0.400. The number of hydrogen-bond acceptors (Lipinski definition) is 8. The van der Waals surface area contributed by atoms with Crippen LogP contribution in [0.4, 0.5) is 5.95 Å². The summed E-state index contributed by atoms with van der Waals surface area (Å²) in [5, 5.41) is 1.91. The lowest BCUT2D eigenvalue weighted by Gasteiger charge is -2.33. The van der Waals surface area contributed by atoms with Crippen molar-refractivity contribution in [3.63, 3.8) is 0 Å². The van der Waals surface area contributed by atoms with Crippen LogP contribution in [0.25, 0.3) is 10.8 Å². The van der Waals surface area contributed by atoms with Crippen molar-refractivity contribution in [3.05, 3.63) is 60.4 Å². The highest BCUT2D eigenvalue weighted by Crippen LogP contribution is 2.37. The van der Waals surface area contributed by atoms with Crippen molar-refractivity contribution in [2.45, 2.75) is 49.0 Å². The smallest absolute Gasteiger partial charge is 0.278 e. The molecule has 4 heterocycles. The molecule has 2 aromatic carbocycles. The second-order valence-electron chi connectivity index (χ2n) is 9.40. The number of sulfonamides is 1. The normalized spacial score (nSPS) is 24.3. The van der Waals surface area contributed by atoms with Crippen molar-refractivity contribution in [3.8, 4) is 0 Å². The minimum atomic E-state index is -3.61. The highest BCUT2D eigenvalue weighted by molar-refractivity contribution is 7.89. The van der Waals surface area contributed by atoms with Gasteiger partial charge in [0.15, 0.2) is 6.29 Å². The Hall–Kier alpha value is -3.12. The minimum Gasteiger partial charge on any atom is -0.350 e. The van der Waals surface area contributed by atoms with E-state index in [-0.39, 0.29) is 17.6 Å². The number of rotatable bonds is 6. The highest BCUT2D eigenvalue weighted by Gasteiger charge is 2.49. The molecule has 3 aromatic rings. The fourth-order valence-corrected chi connectivity index (χ4v) is 6.90. The molecule has 10 nitrogen and oxygen atoms in total. The van der Waals surface area contributed by atoms with Gasteiger partial charge in [-0.3, -0.25) is 4.79 Å². The number of benzene rings is 2. The lowest BCUT2D eigenvalue weighted by Crippen LogP contribution is -2.49. The summed E-state index contributed by atoms with van der Waals surface area (Å²) in [5.41, 5.74) is 2.68. The van der Waals surface area contributed by atoms with Crippen molar-refractivity contribution in [2.75, 3.05) is 24.6 Å². The van der Waals surface area contributed by atoms with Gasteiger partial charge in [0.25, 0.3) is 5.91 Å². The van der Waals surface area contributed by atoms with Crippen LogP contribution in [0.2, 0.25) is 0 Å². The summed E-state index contributed by atoms with van der Waals surface area (Å²) in [6.07, 6.45) is 5.92. The summed E-state index contributed by atoms with van der Waals surface area (Å²) < 4.78 is 33.9. The van der Waals surface area contributed by atoms with Gasteiger partial charge in [-0.2, -0.15) is 4.31 Å². The van der Waals surface area contributed by atoms with E-state index in [0.717, 1.165) is 30.0 Å². The number of ether oxygens (including phenoxy) is 1. The van der Waals surface area contributed by atoms with Crippen LogP contribution in [0.15, 0.2) is 59.8 Å². The molecule has 3 atom stereocenters. The second kappa shape index (κ2) is 9.40. The second-order valence-corrected chi connectivity index (χ2v) is 11.3. The first kappa shape index (κ1) is 23.3. The van der Waals surface area contributed by atoms with Gasteiger partial charge in [-0.1, -0.05) is 30.3 Å². The van der Waals surface area contributed by atoms with Crippen molar-refractivity contribution in [1.29, 1.82) is 0 Å². The van der Waals surface area contributed by atoms with E-state index in [2.05, 4.69) is 15.4 Å². The lowest BCUT2D eigenvalue weighted by molar-refractivity contribution is -0.186. The summed E-state index contributed by atoms with van der Waals surface area (Å²) in [4.78, 5) is 28.8. The number of carbonyl (C=O) groups excluding carboxylic acids is 1. The number of hydrogen-bond donors (Lipinski definition) is 1. The number of piperazine rings is 1. The van der Waals surface area contributed by atoms with E-state index in [9.17, 15) is 13.2 Å². The summed E-state index contributed by atoms with van der Waals surface area (Å²) in [7, 11) is -3.61. The Bertz CT molecular complexity index is 1380. The first-order valence-corrected chi connectivity index (χ1v) is 13.6. The highest BCUT2D eigenvalue weighted by atomic mass is 32.2. The predicted octanol–water partition coefficient (Wildman–Crippen LogP) is 2.47. The molecule has 3 aliphatic rings. The summed E-state index contributed by atoms with van der Waals surface area (Å²) >= 11 is 0. The molecule has 188 valence electrons. The van der Waals surface area contributed by atoms with Crippen LogP contribution < -0.4 is 10.4 Å². The molecular formula is C25H27N5O5S. The molecule has 0 radical (unpaired) electrons. The molecule has 6 rings (SSSR count). The Morgan fingerprint density at radius 2 is 1.83 bits per heavy atom. The molecule has 3 aliphatic heterocycles. The van der Waals surface area contributed by atoms with Crippen LogP contribution in [-0.4, -0.2) is 66.7 Å². The van der Waals surface area contributed by atoms with E-state index in [1.165, 1.54) is 12.4 Å². The number of hydroxylamine groups is 1. The minimum absolute atomic E-state index is 0.0170. The maximum atomic E-state index is 13.4. The van der Waals surface area contributed by atoms with Crippen LogP contribution in [-0.2, 0) is 19.6 Å². The predicted molar refractivity (Wildman–Crippen MR) is 132 cm³/mol. The molecule has 1 aromatic heterocycles. The Morgan fingerprint density at radius 3 is 2.56 bits per heavy atom. The van der Waals surface area contributed by atoms with Gasteiger partial charge in [0.1, 0.15) is 0 Å². The maximum Gasteiger partial charge on any atom is 0.278 e. The number of fused-ring (bicyclic) bond motifs is 3. The fourth-order valence-electron chi connectivity index (χ4n) is 5.20.